The van der Waals surface area contributed by atoms with Crippen molar-refractivity contribution in [3.63, 3.8) is 0 Å². The molecule has 0 radical (unpaired) electrons. The van der Waals surface area contributed by atoms with E-state index in [1.54, 1.807) is 6.26 Å². The van der Waals surface area contributed by atoms with Gasteiger partial charge in [0.2, 0.25) is 0 Å². The molecule has 0 fully saturated rings. The van der Waals surface area contributed by atoms with Crippen LogP contribution in [0, 0.1) is 6.92 Å². The van der Waals surface area contributed by atoms with Crippen LogP contribution in [0.5, 0.6) is 0 Å². The molecule has 3 nitrogen and oxygen atoms in total. The number of nitrogens with two attached hydrogens (primary N) is 1. The molecule has 0 unspecified atom stereocenters. The van der Waals surface area contributed by atoms with Crippen LogP contribution in [0.1, 0.15) is 16.9 Å². The van der Waals surface area contributed by atoms with Crippen molar-refractivity contribution in [1.82, 2.24) is 0 Å². The summed E-state index contributed by atoms with van der Waals surface area (Å²) in [5.74, 6) is 0.934. The number of halogens is 1. The first-order valence-corrected chi connectivity index (χ1v) is 6.23. The first-order valence-electron chi connectivity index (χ1n) is 5.85. The molecule has 1 aromatic carbocycles. The first-order chi connectivity index (χ1) is 8.63. The van der Waals surface area contributed by atoms with Crippen molar-refractivity contribution in [2.45, 2.75) is 20.0 Å². The Kier molecular flexibility index (Phi) is 3.94. The molecule has 18 heavy (non-hydrogen) atoms. The van der Waals surface area contributed by atoms with E-state index in [-0.39, 0.29) is 0 Å². The maximum Gasteiger partial charge on any atom is 0.105 e. The van der Waals surface area contributed by atoms with Crippen molar-refractivity contribution < 1.29 is 4.42 Å². The second kappa shape index (κ2) is 5.46. The lowest BCUT2D eigenvalue weighted by Crippen LogP contribution is -2.19. The van der Waals surface area contributed by atoms with Crippen LogP contribution in [-0.4, -0.2) is 7.05 Å². The van der Waals surface area contributed by atoms with E-state index >= 15 is 0 Å². The van der Waals surface area contributed by atoms with Crippen LogP contribution in [0.2, 0.25) is 5.02 Å². The Bertz CT molecular complexity index is 536. The van der Waals surface area contributed by atoms with Crippen LogP contribution in [0.15, 0.2) is 34.9 Å². The molecule has 0 spiro atoms. The second-order valence-electron chi connectivity index (χ2n) is 4.31. The fraction of sp³-hybridized carbons (Fsp3) is 0.286. The van der Waals surface area contributed by atoms with Crippen molar-refractivity contribution in [2.75, 3.05) is 11.9 Å². The number of anilines is 1. The zero-order valence-corrected chi connectivity index (χ0v) is 11.4. The van der Waals surface area contributed by atoms with Crippen LogP contribution < -0.4 is 10.6 Å². The molecule has 2 rings (SSSR count). The Labute approximate surface area is 112 Å². The fourth-order valence-electron chi connectivity index (χ4n) is 2.06. The molecule has 4 heteroatoms. The average Bonchev–Trinajstić information content (AvgIpc) is 2.74. The summed E-state index contributed by atoms with van der Waals surface area (Å²) in [4.78, 5) is 2.10. The number of hydrogen-bond donors (Lipinski definition) is 1. The van der Waals surface area contributed by atoms with Crippen molar-refractivity contribution in [3.05, 3.63) is 52.4 Å². The Hall–Kier alpha value is -1.45. The highest BCUT2D eigenvalue weighted by Gasteiger charge is 2.12. The third-order valence-corrected chi connectivity index (χ3v) is 3.35. The average molecular weight is 265 g/mol. The number of benzene rings is 1. The largest absolute Gasteiger partial charge is 0.469 e. The summed E-state index contributed by atoms with van der Waals surface area (Å²) < 4.78 is 5.30. The van der Waals surface area contributed by atoms with E-state index in [1.165, 1.54) is 0 Å². The molecule has 0 bridgehead atoms. The van der Waals surface area contributed by atoms with Gasteiger partial charge in [-0.3, -0.25) is 0 Å². The number of nitrogens with zero attached hydrogens (tertiary/aromatic N) is 1. The Morgan fingerprint density at radius 3 is 2.67 bits per heavy atom. The van der Waals surface area contributed by atoms with Crippen LogP contribution in [-0.2, 0) is 13.1 Å². The monoisotopic (exact) mass is 264 g/mol. The number of rotatable bonds is 4. The van der Waals surface area contributed by atoms with Gasteiger partial charge in [0.15, 0.2) is 0 Å². The fourth-order valence-corrected chi connectivity index (χ4v) is 2.40. The standard InChI is InChI=1S/C14H17ClN2O/c1-10-12(6-7-18-10)9-17(2)14-11(8-16)4-3-5-13(14)15/h3-7H,8-9,16H2,1-2H3. The highest BCUT2D eigenvalue weighted by Crippen LogP contribution is 2.30. The lowest BCUT2D eigenvalue weighted by molar-refractivity contribution is 0.529. The number of hydrogen-bond acceptors (Lipinski definition) is 3. The summed E-state index contributed by atoms with van der Waals surface area (Å²) in [6.45, 7) is 3.18. The van der Waals surface area contributed by atoms with Crippen molar-refractivity contribution in [3.8, 4) is 0 Å². The Balaban J connectivity index is 2.29. The minimum Gasteiger partial charge on any atom is -0.469 e. The molecule has 0 atom stereocenters. The van der Waals surface area contributed by atoms with E-state index in [0.29, 0.717) is 6.54 Å². The highest BCUT2D eigenvalue weighted by molar-refractivity contribution is 6.33. The smallest absolute Gasteiger partial charge is 0.105 e. The summed E-state index contributed by atoms with van der Waals surface area (Å²) in [6, 6.07) is 7.78. The molecule has 0 amide bonds. The summed E-state index contributed by atoms with van der Waals surface area (Å²) >= 11 is 6.26. The van der Waals surface area contributed by atoms with Gasteiger partial charge in [-0.2, -0.15) is 0 Å². The Morgan fingerprint density at radius 1 is 1.28 bits per heavy atom. The third kappa shape index (κ3) is 2.52. The molecule has 0 aliphatic heterocycles. The van der Waals surface area contributed by atoms with Gasteiger partial charge in [0.25, 0.3) is 0 Å². The first kappa shape index (κ1) is 13.0. The number of furan rings is 1. The van der Waals surface area contributed by atoms with Gasteiger partial charge in [0.1, 0.15) is 5.76 Å². The molecule has 1 aromatic heterocycles. The van der Waals surface area contributed by atoms with Crippen molar-refractivity contribution >= 4 is 17.3 Å². The highest BCUT2D eigenvalue weighted by atomic mass is 35.5. The number of para-hydroxylation sites is 1. The normalized spacial score (nSPS) is 10.7. The SMILES string of the molecule is Cc1occc1CN(C)c1c(Cl)cccc1CN. The molecule has 0 aliphatic rings. The van der Waals surface area contributed by atoms with Gasteiger partial charge in [0, 0.05) is 25.7 Å². The van der Waals surface area contributed by atoms with Gasteiger partial charge in [0.05, 0.1) is 17.0 Å². The maximum absolute atomic E-state index is 6.26. The minimum absolute atomic E-state index is 0.477. The maximum atomic E-state index is 6.26. The summed E-state index contributed by atoms with van der Waals surface area (Å²) in [7, 11) is 2.01. The molecular formula is C14H17ClN2O. The van der Waals surface area contributed by atoms with Gasteiger partial charge < -0.3 is 15.1 Å². The van der Waals surface area contributed by atoms with E-state index in [4.69, 9.17) is 21.8 Å². The van der Waals surface area contributed by atoms with Gasteiger partial charge in [-0.1, -0.05) is 23.7 Å². The third-order valence-electron chi connectivity index (χ3n) is 3.05. The van der Waals surface area contributed by atoms with E-state index in [1.807, 2.05) is 38.2 Å². The molecule has 2 N–H and O–H groups in total. The van der Waals surface area contributed by atoms with Crippen LogP contribution in [0.4, 0.5) is 5.69 Å². The molecule has 0 saturated carbocycles. The van der Waals surface area contributed by atoms with Gasteiger partial charge in [-0.15, -0.1) is 0 Å². The lowest BCUT2D eigenvalue weighted by Gasteiger charge is -2.23. The van der Waals surface area contributed by atoms with Crippen molar-refractivity contribution in [2.24, 2.45) is 5.73 Å². The van der Waals surface area contributed by atoms with Gasteiger partial charge in [-0.25, -0.2) is 0 Å². The van der Waals surface area contributed by atoms with Gasteiger partial charge in [-0.05, 0) is 24.6 Å². The van der Waals surface area contributed by atoms with Crippen LogP contribution in [0.25, 0.3) is 0 Å². The van der Waals surface area contributed by atoms with E-state index < -0.39 is 0 Å². The quantitative estimate of drug-likeness (QED) is 0.921. The second-order valence-corrected chi connectivity index (χ2v) is 4.72. The van der Waals surface area contributed by atoms with Crippen LogP contribution in [0.3, 0.4) is 0 Å². The summed E-state index contributed by atoms with van der Waals surface area (Å²) in [5.41, 5.74) is 8.95. The summed E-state index contributed by atoms with van der Waals surface area (Å²) in [5, 5.41) is 0.724. The molecule has 0 saturated heterocycles. The van der Waals surface area contributed by atoms with Gasteiger partial charge >= 0.3 is 0 Å². The number of aryl methyl sites for hydroxylation is 1. The zero-order valence-electron chi connectivity index (χ0n) is 10.6. The van der Waals surface area contributed by atoms with E-state index in [0.717, 1.165) is 34.1 Å². The van der Waals surface area contributed by atoms with E-state index in [9.17, 15) is 0 Å². The summed E-state index contributed by atoms with van der Waals surface area (Å²) in [6.07, 6.45) is 1.70. The molecule has 2 aromatic rings. The predicted octanol–water partition coefficient (Wildman–Crippen LogP) is 3.34. The molecule has 1 heterocycles. The molecule has 0 aliphatic carbocycles. The Morgan fingerprint density at radius 2 is 2.06 bits per heavy atom. The van der Waals surface area contributed by atoms with Crippen molar-refractivity contribution in [1.29, 1.82) is 0 Å². The predicted molar refractivity (Wildman–Crippen MR) is 74.9 cm³/mol. The minimum atomic E-state index is 0.477. The zero-order chi connectivity index (χ0) is 13.1. The molecular weight excluding hydrogens is 248 g/mol. The topological polar surface area (TPSA) is 42.4 Å². The van der Waals surface area contributed by atoms with E-state index in [2.05, 4.69) is 4.90 Å². The lowest BCUT2D eigenvalue weighted by atomic mass is 10.1. The molecule has 96 valence electrons. The van der Waals surface area contributed by atoms with Crippen LogP contribution >= 0.6 is 11.6 Å².